The quantitative estimate of drug-likeness (QED) is 0.816. The zero-order chi connectivity index (χ0) is 11.8. The highest BCUT2D eigenvalue weighted by Gasteiger charge is 2.23. The van der Waals surface area contributed by atoms with Crippen LogP contribution in [-0.4, -0.2) is 24.4 Å². The second-order valence-electron chi connectivity index (χ2n) is 3.68. The van der Waals surface area contributed by atoms with Crippen molar-refractivity contribution in [2.24, 2.45) is 0 Å². The van der Waals surface area contributed by atoms with Crippen LogP contribution in [0.1, 0.15) is 30.2 Å². The van der Waals surface area contributed by atoms with Crippen molar-refractivity contribution < 1.29 is 13.2 Å². The van der Waals surface area contributed by atoms with E-state index in [2.05, 4.69) is 0 Å². The highest BCUT2D eigenvalue weighted by atomic mass is 32.2. The van der Waals surface area contributed by atoms with E-state index >= 15 is 0 Å². The second-order valence-corrected chi connectivity index (χ2v) is 5.59. The number of nitrogens with zero attached hydrogens (tertiary/aromatic N) is 1. The molecule has 0 aromatic carbocycles. The zero-order valence-corrected chi connectivity index (χ0v) is 9.71. The van der Waals surface area contributed by atoms with Crippen molar-refractivity contribution in [3.63, 3.8) is 0 Å². The fourth-order valence-electron chi connectivity index (χ4n) is 1.28. The second kappa shape index (κ2) is 3.69. The third-order valence-electron chi connectivity index (χ3n) is 2.07. The molecule has 0 fully saturated rings. The molecule has 0 saturated heterocycles. The summed E-state index contributed by atoms with van der Waals surface area (Å²) >= 11 is 0. The molecule has 6 heteroatoms. The van der Waals surface area contributed by atoms with Gasteiger partial charge >= 0.3 is 0 Å². The van der Waals surface area contributed by atoms with E-state index in [9.17, 15) is 13.2 Å². The molecular weight excluding hydrogens is 216 g/mol. The Morgan fingerprint density at radius 2 is 2.00 bits per heavy atom. The minimum Gasteiger partial charge on any atom is -0.384 e. The Bertz CT molecular complexity index is 485. The molecule has 5 nitrogen and oxygen atoms in total. The number of anilines is 1. The van der Waals surface area contributed by atoms with Crippen LogP contribution < -0.4 is 5.73 Å². The summed E-state index contributed by atoms with van der Waals surface area (Å²) in [6.07, 6.45) is 2.49. The molecule has 0 aliphatic heterocycles. The molecule has 1 aromatic rings. The SMILES string of the molecule is CC(C)n1ccc(C(=O)S(C)(=O)=O)c1N. The van der Waals surface area contributed by atoms with Crippen molar-refractivity contribution in [2.45, 2.75) is 19.9 Å². The Morgan fingerprint density at radius 1 is 1.47 bits per heavy atom. The Morgan fingerprint density at radius 3 is 2.33 bits per heavy atom. The van der Waals surface area contributed by atoms with Gasteiger partial charge in [0.2, 0.25) is 9.84 Å². The third kappa shape index (κ3) is 2.20. The minimum atomic E-state index is -3.72. The van der Waals surface area contributed by atoms with Crippen LogP contribution in [0.15, 0.2) is 12.3 Å². The zero-order valence-electron chi connectivity index (χ0n) is 8.89. The van der Waals surface area contributed by atoms with Crippen molar-refractivity contribution in [1.29, 1.82) is 0 Å². The van der Waals surface area contributed by atoms with Gasteiger partial charge < -0.3 is 10.3 Å². The van der Waals surface area contributed by atoms with E-state index in [1.807, 2.05) is 13.8 Å². The molecule has 1 rings (SSSR count). The van der Waals surface area contributed by atoms with Gasteiger partial charge in [0, 0.05) is 18.5 Å². The molecule has 15 heavy (non-hydrogen) atoms. The number of carbonyl (C=O) groups is 1. The summed E-state index contributed by atoms with van der Waals surface area (Å²) in [5, 5.41) is -0.931. The Labute approximate surface area is 88.8 Å². The Balaban J connectivity index is 3.25. The van der Waals surface area contributed by atoms with Gasteiger partial charge in [-0.2, -0.15) is 0 Å². The summed E-state index contributed by atoms with van der Waals surface area (Å²) in [6.45, 7) is 3.79. The number of nitrogen functional groups attached to an aromatic ring is 1. The van der Waals surface area contributed by atoms with Gasteiger partial charge in [-0.3, -0.25) is 4.79 Å². The number of rotatable bonds is 2. The standard InChI is InChI=1S/C9H14N2O3S/c1-6(2)11-5-4-7(8(11)10)9(12)15(3,13)14/h4-6H,10H2,1-3H3. The molecule has 0 aliphatic carbocycles. The first-order valence-electron chi connectivity index (χ1n) is 4.46. The molecule has 0 saturated carbocycles. The first kappa shape index (κ1) is 11.8. The van der Waals surface area contributed by atoms with E-state index in [4.69, 9.17) is 5.73 Å². The van der Waals surface area contributed by atoms with E-state index in [1.165, 1.54) is 6.07 Å². The monoisotopic (exact) mass is 230 g/mol. The van der Waals surface area contributed by atoms with Gasteiger partial charge in [0.1, 0.15) is 5.82 Å². The maximum Gasteiger partial charge on any atom is 0.280 e. The van der Waals surface area contributed by atoms with Crippen molar-refractivity contribution >= 4 is 20.8 Å². The van der Waals surface area contributed by atoms with Gasteiger partial charge in [-0.15, -0.1) is 0 Å². The molecule has 0 amide bonds. The molecule has 0 bridgehead atoms. The fourth-order valence-corrected chi connectivity index (χ4v) is 1.85. The van der Waals surface area contributed by atoms with Crippen molar-refractivity contribution in [3.8, 4) is 0 Å². The van der Waals surface area contributed by atoms with Crippen LogP contribution >= 0.6 is 0 Å². The molecule has 1 heterocycles. The van der Waals surface area contributed by atoms with Crippen molar-refractivity contribution in [1.82, 2.24) is 4.57 Å². The topological polar surface area (TPSA) is 82.2 Å². The van der Waals surface area contributed by atoms with Crippen molar-refractivity contribution in [2.75, 3.05) is 12.0 Å². The average molecular weight is 230 g/mol. The predicted octanol–water partition coefficient (Wildman–Crippen LogP) is 0.836. The van der Waals surface area contributed by atoms with Crippen molar-refractivity contribution in [3.05, 3.63) is 17.8 Å². The Kier molecular flexibility index (Phi) is 2.90. The molecule has 0 radical (unpaired) electrons. The molecule has 84 valence electrons. The van der Waals surface area contributed by atoms with Gasteiger partial charge in [0.15, 0.2) is 0 Å². The number of hydrogen-bond donors (Lipinski definition) is 1. The van der Waals surface area contributed by atoms with E-state index < -0.39 is 15.0 Å². The minimum absolute atomic E-state index is 0.0474. The third-order valence-corrected chi connectivity index (χ3v) is 2.96. The van der Waals surface area contributed by atoms with E-state index in [1.54, 1.807) is 10.8 Å². The van der Waals surface area contributed by atoms with E-state index in [0.29, 0.717) is 0 Å². The van der Waals surface area contributed by atoms with Gasteiger partial charge in [-0.25, -0.2) is 8.42 Å². The fraction of sp³-hybridized carbons (Fsp3) is 0.444. The molecule has 0 aliphatic rings. The molecular formula is C9H14N2O3S. The molecule has 0 atom stereocenters. The Hall–Kier alpha value is -1.30. The lowest BCUT2D eigenvalue weighted by molar-refractivity contribution is 0.107. The first-order valence-corrected chi connectivity index (χ1v) is 6.35. The highest BCUT2D eigenvalue weighted by Crippen LogP contribution is 2.20. The molecule has 1 aromatic heterocycles. The number of nitrogens with two attached hydrogens (primary N) is 1. The normalized spacial score (nSPS) is 12.0. The number of hydrogen-bond acceptors (Lipinski definition) is 4. The summed E-state index contributed by atoms with van der Waals surface area (Å²) in [4.78, 5) is 11.4. The van der Waals surface area contributed by atoms with Gasteiger partial charge in [0.25, 0.3) is 5.12 Å². The summed E-state index contributed by atoms with van der Waals surface area (Å²) in [5.41, 5.74) is 5.73. The van der Waals surface area contributed by atoms with Crippen LogP contribution in [0.3, 0.4) is 0 Å². The number of carbonyl (C=O) groups excluding carboxylic acids is 1. The van der Waals surface area contributed by atoms with Crippen LogP contribution in [-0.2, 0) is 9.84 Å². The van der Waals surface area contributed by atoms with Crippen LogP contribution in [0.2, 0.25) is 0 Å². The van der Waals surface area contributed by atoms with Crippen LogP contribution in [0.5, 0.6) is 0 Å². The lowest BCUT2D eigenvalue weighted by Crippen LogP contribution is -2.15. The highest BCUT2D eigenvalue weighted by molar-refractivity contribution is 8.06. The molecule has 0 unspecified atom stereocenters. The van der Waals surface area contributed by atoms with Crippen LogP contribution in [0.25, 0.3) is 0 Å². The maximum absolute atomic E-state index is 11.4. The molecule has 2 N–H and O–H groups in total. The summed E-state index contributed by atoms with van der Waals surface area (Å²) in [5.74, 6) is 0.195. The average Bonchev–Trinajstić information content (AvgIpc) is 2.44. The summed E-state index contributed by atoms with van der Waals surface area (Å²) in [7, 11) is -3.72. The summed E-state index contributed by atoms with van der Waals surface area (Å²) in [6, 6.07) is 1.52. The van der Waals surface area contributed by atoms with Gasteiger partial charge in [-0.05, 0) is 19.9 Å². The van der Waals surface area contributed by atoms with Gasteiger partial charge in [-0.1, -0.05) is 0 Å². The van der Waals surface area contributed by atoms with Crippen LogP contribution in [0.4, 0.5) is 5.82 Å². The smallest absolute Gasteiger partial charge is 0.280 e. The lowest BCUT2D eigenvalue weighted by atomic mass is 10.3. The number of sulfone groups is 1. The lowest BCUT2D eigenvalue weighted by Gasteiger charge is -2.09. The van der Waals surface area contributed by atoms with Gasteiger partial charge in [0.05, 0.1) is 5.56 Å². The number of aromatic nitrogens is 1. The van der Waals surface area contributed by atoms with E-state index in [0.717, 1.165) is 6.26 Å². The summed E-state index contributed by atoms with van der Waals surface area (Å²) < 4.78 is 23.7. The maximum atomic E-state index is 11.4. The first-order chi connectivity index (χ1) is 6.75. The predicted molar refractivity (Wildman–Crippen MR) is 58.4 cm³/mol. The van der Waals surface area contributed by atoms with Crippen LogP contribution in [0, 0.1) is 0 Å². The largest absolute Gasteiger partial charge is 0.384 e. The van der Waals surface area contributed by atoms with E-state index in [-0.39, 0.29) is 17.4 Å². The molecule has 0 spiro atoms.